The fourth-order valence-electron chi connectivity index (χ4n) is 1.35. The first-order valence-electron chi connectivity index (χ1n) is 4.74. The summed E-state index contributed by atoms with van der Waals surface area (Å²) < 4.78 is 25.9. The van der Waals surface area contributed by atoms with Crippen molar-refractivity contribution in [2.45, 2.75) is 6.43 Å². The summed E-state index contributed by atoms with van der Waals surface area (Å²) in [5.41, 5.74) is 0.490. The van der Waals surface area contributed by atoms with Gasteiger partial charge in [0.05, 0.1) is 23.0 Å². The fourth-order valence-corrected chi connectivity index (χ4v) is 1.35. The average molecular weight is 238 g/mol. The van der Waals surface area contributed by atoms with Gasteiger partial charge in [0, 0.05) is 6.20 Å². The zero-order valence-corrected chi connectivity index (χ0v) is 8.55. The molecule has 1 heterocycles. The largest absolute Gasteiger partial charge is 0.478 e. The fraction of sp³-hybridized carbons (Fsp3) is 0.0909. The minimum absolute atomic E-state index is 0.134. The van der Waals surface area contributed by atoms with Crippen molar-refractivity contribution in [3.63, 3.8) is 0 Å². The van der Waals surface area contributed by atoms with Gasteiger partial charge in [0.15, 0.2) is 0 Å². The molecule has 0 radical (unpaired) electrons. The van der Waals surface area contributed by atoms with Gasteiger partial charge in [-0.05, 0) is 24.3 Å². The van der Waals surface area contributed by atoms with Crippen molar-refractivity contribution in [1.29, 1.82) is 0 Å². The third-order valence-corrected chi connectivity index (χ3v) is 2.23. The molecule has 0 aliphatic heterocycles. The summed E-state index contributed by atoms with van der Waals surface area (Å²) in [6.45, 7) is 0. The van der Waals surface area contributed by atoms with E-state index in [2.05, 4.69) is 5.10 Å². The maximum Gasteiger partial charge on any atom is 0.335 e. The van der Waals surface area contributed by atoms with E-state index in [-0.39, 0.29) is 11.1 Å². The number of carboxylic acids is 1. The first kappa shape index (κ1) is 11.3. The van der Waals surface area contributed by atoms with Gasteiger partial charge in [-0.15, -0.1) is 0 Å². The van der Waals surface area contributed by atoms with Gasteiger partial charge in [0.25, 0.3) is 6.43 Å². The molecular weight excluding hydrogens is 230 g/mol. The lowest BCUT2D eigenvalue weighted by molar-refractivity contribution is 0.0697. The summed E-state index contributed by atoms with van der Waals surface area (Å²) in [5.74, 6) is -1.04. The number of hydrogen-bond donors (Lipinski definition) is 1. The lowest BCUT2D eigenvalue weighted by Gasteiger charge is -2.01. The lowest BCUT2D eigenvalue weighted by Crippen LogP contribution is -1.98. The molecule has 0 bridgehead atoms. The van der Waals surface area contributed by atoms with Gasteiger partial charge in [0.1, 0.15) is 0 Å². The predicted octanol–water partition coefficient (Wildman–Crippen LogP) is 2.51. The van der Waals surface area contributed by atoms with Crippen LogP contribution in [0, 0.1) is 0 Å². The zero-order chi connectivity index (χ0) is 12.4. The number of alkyl halides is 2. The monoisotopic (exact) mass is 238 g/mol. The summed E-state index contributed by atoms with van der Waals surface area (Å²) in [6, 6.07) is 5.79. The van der Waals surface area contributed by atoms with E-state index in [1.165, 1.54) is 35.1 Å². The molecule has 0 aliphatic carbocycles. The zero-order valence-electron chi connectivity index (χ0n) is 8.55. The summed E-state index contributed by atoms with van der Waals surface area (Å²) in [7, 11) is 0. The van der Waals surface area contributed by atoms with Crippen LogP contribution in [0.4, 0.5) is 8.78 Å². The van der Waals surface area contributed by atoms with Crippen LogP contribution in [0.3, 0.4) is 0 Å². The average Bonchev–Trinajstić information content (AvgIpc) is 2.78. The van der Waals surface area contributed by atoms with Crippen LogP contribution in [0.1, 0.15) is 22.3 Å². The third-order valence-electron chi connectivity index (χ3n) is 2.23. The van der Waals surface area contributed by atoms with Crippen molar-refractivity contribution < 1.29 is 18.7 Å². The van der Waals surface area contributed by atoms with E-state index in [9.17, 15) is 13.6 Å². The van der Waals surface area contributed by atoms with Crippen LogP contribution in [0.15, 0.2) is 36.7 Å². The van der Waals surface area contributed by atoms with Crippen LogP contribution in [0.2, 0.25) is 0 Å². The second-order valence-corrected chi connectivity index (χ2v) is 3.37. The van der Waals surface area contributed by atoms with Crippen LogP contribution in [0.5, 0.6) is 0 Å². The van der Waals surface area contributed by atoms with Gasteiger partial charge < -0.3 is 5.11 Å². The van der Waals surface area contributed by atoms with Crippen molar-refractivity contribution in [2.24, 2.45) is 0 Å². The lowest BCUT2D eigenvalue weighted by atomic mass is 10.2. The molecule has 1 N–H and O–H groups in total. The molecular formula is C11H8F2N2O2. The molecule has 0 atom stereocenters. The smallest absolute Gasteiger partial charge is 0.335 e. The van der Waals surface area contributed by atoms with Crippen LogP contribution in [-0.2, 0) is 0 Å². The number of aromatic nitrogens is 2. The number of rotatable bonds is 3. The van der Waals surface area contributed by atoms with Crippen LogP contribution < -0.4 is 0 Å². The van der Waals surface area contributed by atoms with Crippen LogP contribution in [0.25, 0.3) is 5.69 Å². The van der Waals surface area contributed by atoms with Crippen molar-refractivity contribution in [1.82, 2.24) is 9.78 Å². The highest BCUT2D eigenvalue weighted by molar-refractivity contribution is 5.87. The number of carbonyl (C=O) groups is 1. The molecule has 0 saturated carbocycles. The molecule has 0 aliphatic rings. The highest BCUT2D eigenvalue weighted by Gasteiger charge is 2.10. The van der Waals surface area contributed by atoms with Gasteiger partial charge in [-0.3, -0.25) is 0 Å². The molecule has 1 aromatic heterocycles. The summed E-state index contributed by atoms with van der Waals surface area (Å²) in [5, 5.41) is 12.5. The number of nitrogens with zero attached hydrogens (tertiary/aromatic N) is 2. The maximum atomic E-state index is 12.3. The predicted molar refractivity (Wildman–Crippen MR) is 55.5 cm³/mol. The van der Waals surface area contributed by atoms with Crippen LogP contribution in [-0.4, -0.2) is 20.9 Å². The van der Waals surface area contributed by atoms with Crippen molar-refractivity contribution >= 4 is 5.97 Å². The second-order valence-electron chi connectivity index (χ2n) is 3.37. The van der Waals surface area contributed by atoms with Gasteiger partial charge >= 0.3 is 5.97 Å². The maximum absolute atomic E-state index is 12.3. The molecule has 0 saturated heterocycles. The molecule has 0 amide bonds. The number of aromatic carboxylic acids is 1. The minimum Gasteiger partial charge on any atom is -0.478 e. The summed E-state index contributed by atoms with van der Waals surface area (Å²) in [4.78, 5) is 10.6. The molecule has 0 unspecified atom stereocenters. The Morgan fingerprint density at radius 1 is 1.29 bits per heavy atom. The summed E-state index contributed by atoms with van der Waals surface area (Å²) in [6.07, 6.45) is -0.280. The van der Waals surface area contributed by atoms with Crippen molar-refractivity contribution in [2.75, 3.05) is 0 Å². The Bertz CT molecular complexity index is 535. The molecule has 2 aromatic rings. The number of benzene rings is 1. The highest BCUT2D eigenvalue weighted by atomic mass is 19.3. The van der Waals surface area contributed by atoms with Gasteiger partial charge in [-0.1, -0.05) is 0 Å². The van der Waals surface area contributed by atoms with E-state index in [4.69, 9.17) is 5.11 Å². The number of hydrogen-bond acceptors (Lipinski definition) is 2. The Labute approximate surface area is 95.1 Å². The Morgan fingerprint density at radius 2 is 1.94 bits per heavy atom. The van der Waals surface area contributed by atoms with E-state index in [1.54, 1.807) is 0 Å². The number of carboxylic acid groups (broad SMARTS) is 1. The molecule has 17 heavy (non-hydrogen) atoms. The van der Waals surface area contributed by atoms with Gasteiger partial charge in [0.2, 0.25) is 0 Å². The Morgan fingerprint density at radius 3 is 2.41 bits per heavy atom. The second kappa shape index (κ2) is 4.32. The van der Waals surface area contributed by atoms with E-state index in [1.807, 2.05) is 0 Å². The van der Waals surface area contributed by atoms with Crippen molar-refractivity contribution in [3.8, 4) is 5.69 Å². The third kappa shape index (κ3) is 2.30. The SMILES string of the molecule is O=C(O)c1ccc(-n2cc(C(F)F)cn2)cc1. The van der Waals surface area contributed by atoms with E-state index < -0.39 is 12.4 Å². The Balaban J connectivity index is 2.30. The molecule has 2 rings (SSSR count). The normalized spacial score (nSPS) is 10.8. The first-order chi connectivity index (χ1) is 8.08. The van der Waals surface area contributed by atoms with E-state index in [0.717, 1.165) is 6.20 Å². The molecule has 4 nitrogen and oxygen atoms in total. The summed E-state index contributed by atoms with van der Waals surface area (Å²) >= 11 is 0. The topological polar surface area (TPSA) is 55.1 Å². The quantitative estimate of drug-likeness (QED) is 0.893. The van der Waals surface area contributed by atoms with E-state index >= 15 is 0 Å². The molecule has 6 heteroatoms. The van der Waals surface area contributed by atoms with E-state index in [0.29, 0.717) is 5.69 Å². The van der Waals surface area contributed by atoms with Gasteiger partial charge in [-0.2, -0.15) is 5.10 Å². The van der Waals surface area contributed by atoms with Crippen molar-refractivity contribution in [3.05, 3.63) is 47.8 Å². The molecule has 1 aromatic carbocycles. The molecule has 0 fully saturated rings. The molecule has 88 valence electrons. The van der Waals surface area contributed by atoms with Crippen LogP contribution >= 0.6 is 0 Å². The standard InChI is InChI=1S/C11H8F2N2O2/c12-10(13)8-5-14-15(6-8)9-3-1-7(2-4-9)11(16)17/h1-6,10H,(H,16,17). The minimum atomic E-state index is -2.57. The Hall–Kier alpha value is -2.24. The number of halogens is 2. The first-order valence-corrected chi connectivity index (χ1v) is 4.74. The van der Waals surface area contributed by atoms with Gasteiger partial charge in [-0.25, -0.2) is 18.3 Å². The molecule has 0 spiro atoms. The highest BCUT2D eigenvalue weighted by Crippen LogP contribution is 2.19. The Kier molecular flexibility index (Phi) is 2.86.